The fraction of sp³-hybridized carbons (Fsp3) is 0.700. The standard InChI is InChI=1S/C20H30ClN5O6S/c1-13(18(31-4)19-22-7-15(21)8-23-19)33(27,28)12-17-24-25-20(14-5-6-32-9-14)26(17)16(10-29-2)11-30-3/h7-8,13-14,16,18H,5-6,9-12H2,1-4H3/t13-,14+,18-/m0/s1. The van der Waals surface area contributed by atoms with Crippen molar-refractivity contribution in [3.8, 4) is 0 Å². The maximum atomic E-state index is 13.4. The summed E-state index contributed by atoms with van der Waals surface area (Å²) in [4.78, 5) is 8.26. The molecule has 3 rings (SSSR count). The first-order valence-corrected chi connectivity index (χ1v) is 12.6. The van der Waals surface area contributed by atoms with E-state index in [0.717, 1.165) is 6.42 Å². The highest BCUT2D eigenvalue weighted by atomic mass is 35.5. The Morgan fingerprint density at radius 3 is 2.39 bits per heavy atom. The Bertz CT molecular complexity index is 991. The van der Waals surface area contributed by atoms with Crippen molar-refractivity contribution in [3.05, 3.63) is 34.9 Å². The zero-order chi connectivity index (χ0) is 24.0. The van der Waals surface area contributed by atoms with Crippen LogP contribution in [-0.2, 0) is 34.5 Å². The number of methoxy groups -OCH3 is 3. The number of rotatable bonds is 12. The van der Waals surface area contributed by atoms with Gasteiger partial charge in [0.1, 0.15) is 23.5 Å². The van der Waals surface area contributed by atoms with Crippen molar-refractivity contribution >= 4 is 21.4 Å². The average molecular weight is 504 g/mol. The lowest BCUT2D eigenvalue weighted by molar-refractivity contribution is 0.0860. The van der Waals surface area contributed by atoms with Gasteiger partial charge in [-0.2, -0.15) is 0 Å². The van der Waals surface area contributed by atoms with Crippen molar-refractivity contribution < 1.29 is 27.4 Å². The van der Waals surface area contributed by atoms with Crippen LogP contribution >= 0.6 is 11.6 Å². The molecule has 3 atom stereocenters. The van der Waals surface area contributed by atoms with E-state index in [4.69, 9.17) is 30.5 Å². The molecule has 0 bridgehead atoms. The molecule has 2 aromatic heterocycles. The summed E-state index contributed by atoms with van der Waals surface area (Å²) in [5.41, 5.74) is 0. The maximum Gasteiger partial charge on any atom is 0.163 e. The number of nitrogens with zero attached hydrogens (tertiary/aromatic N) is 5. The molecule has 0 saturated carbocycles. The monoisotopic (exact) mass is 503 g/mol. The molecule has 0 aromatic carbocycles. The third kappa shape index (κ3) is 6.06. The quantitative estimate of drug-likeness (QED) is 0.422. The van der Waals surface area contributed by atoms with E-state index in [1.165, 1.54) is 19.5 Å². The molecule has 3 heterocycles. The van der Waals surface area contributed by atoms with Gasteiger partial charge in [-0.1, -0.05) is 11.6 Å². The van der Waals surface area contributed by atoms with Crippen LogP contribution in [0.2, 0.25) is 5.02 Å². The van der Waals surface area contributed by atoms with Crippen LogP contribution < -0.4 is 0 Å². The summed E-state index contributed by atoms with van der Waals surface area (Å²) in [7, 11) is 0.831. The normalized spacial score (nSPS) is 18.7. The first-order valence-electron chi connectivity index (χ1n) is 10.5. The molecule has 1 aliphatic rings. The third-order valence-electron chi connectivity index (χ3n) is 5.64. The van der Waals surface area contributed by atoms with Crippen LogP contribution in [0.1, 0.15) is 48.9 Å². The van der Waals surface area contributed by atoms with Crippen LogP contribution in [0.3, 0.4) is 0 Å². The number of hydrogen-bond donors (Lipinski definition) is 0. The van der Waals surface area contributed by atoms with Crippen molar-refractivity contribution in [1.82, 2.24) is 24.7 Å². The zero-order valence-corrected chi connectivity index (χ0v) is 20.8. The van der Waals surface area contributed by atoms with Gasteiger partial charge in [-0.05, 0) is 13.3 Å². The Kier molecular flexibility index (Phi) is 9.13. The largest absolute Gasteiger partial charge is 0.382 e. The van der Waals surface area contributed by atoms with Gasteiger partial charge in [0.25, 0.3) is 0 Å². The fourth-order valence-electron chi connectivity index (χ4n) is 3.91. The first kappa shape index (κ1) is 25.9. The van der Waals surface area contributed by atoms with Gasteiger partial charge in [0, 0.05) is 46.2 Å². The number of sulfone groups is 1. The summed E-state index contributed by atoms with van der Waals surface area (Å²) >= 11 is 5.86. The van der Waals surface area contributed by atoms with Gasteiger partial charge in [-0.3, -0.25) is 0 Å². The van der Waals surface area contributed by atoms with Gasteiger partial charge in [-0.25, -0.2) is 18.4 Å². The second-order valence-corrected chi connectivity index (χ2v) is 10.7. The van der Waals surface area contributed by atoms with Crippen molar-refractivity contribution in [2.75, 3.05) is 47.8 Å². The Morgan fingerprint density at radius 2 is 1.85 bits per heavy atom. The molecular weight excluding hydrogens is 474 g/mol. The van der Waals surface area contributed by atoms with Crippen molar-refractivity contribution in [3.63, 3.8) is 0 Å². The van der Waals surface area contributed by atoms with E-state index in [0.29, 0.717) is 43.1 Å². The Balaban J connectivity index is 1.93. The zero-order valence-electron chi connectivity index (χ0n) is 19.2. The minimum absolute atomic E-state index is 0.0248. The van der Waals surface area contributed by atoms with E-state index in [1.807, 2.05) is 4.57 Å². The molecule has 184 valence electrons. The lowest BCUT2D eigenvalue weighted by atomic mass is 10.1. The van der Waals surface area contributed by atoms with E-state index in [1.54, 1.807) is 21.1 Å². The van der Waals surface area contributed by atoms with Crippen LogP contribution in [0.15, 0.2) is 12.4 Å². The second kappa shape index (κ2) is 11.6. The predicted molar refractivity (Wildman–Crippen MR) is 120 cm³/mol. The maximum absolute atomic E-state index is 13.4. The molecular formula is C20H30ClN5O6S. The van der Waals surface area contributed by atoms with Gasteiger partial charge in [0.05, 0.1) is 36.1 Å². The number of ether oxygens (including phenoxy) is 4. The molecule has 2 aromatic rings. The number of aromatic nitrogens is 5. The number of hydrogen-bond acceptors (Lipinski definition) is 10. The van der Waals surface area contributed by atoms with Crippen molar-refractivity contribution in [2.24, 2.45) is 0 Å². The summed E-state index contributed by atoms with van der Waals surface area (Å²) in [5.74, 6) is 0.909. The van der Waals surface area contributed by atoms with Crippen LogP contribution in [-0.4, -0.2) is 86.2 Å². The van der Waals surface area contributed by atoms with Crippen LogP contribution in [0, 0.1) is 0 Å². The molecule has 0 spiro atoms. The Morgan fingerprint density at radius 1 is 1.18 bits per heavy atom. The number of halogens is 1. The molecule has 0 N–H and O–H groups in total. The molecule has 1 aliphatic heterocycles. The minimum Gasteiger partial charge on any atom is -0.382 e. The smallest absolute Gasteiger partial charge is 0.163 e. The molecule has 13 heteroatoms. The molecule has 0 unspecified atom stereocenters. The second-order valence-electron chi connectivity index (χ2n) is 7.90. The predicted octanol–water partition coefficient (Wildman–Crippen LogP) is 1.75. The summed E-state index contributed by atoms with van der Waals surface area (Å²) in [5, 5.41) is 8.01. The van der Waals surface area contributed by atoms with Gasteiger partial charge in [0.15, 0.2) is 15.7 Å². The van der Waals surface area contributed by atoms with Gasteiger partial charge in [-0.15, -0.1) is 10.2 Å². The van der Waals surface area contributed by atoms with Crippen molar-refractivity contribution in [2.45, 2.75) is 42.4 Å². The van der Waals surface area contributed by atoms with Crippen molar-refractivity contribution in [1.29, 1.82) is 0 Å². The Labute approximate surface area is 198 Å². The molecule has 0 amide bonds. The molecule has 0 aliphatic carbocycles. The molecule has 33 heavy (non-hydrogen) atoms. The topological polar surface area (TPSA) is 128 Å². The summed E-state index contributed by atoms with van der Waals surface area (Å²) < 4.78 is 50.4. The molecule has 1 fully saturated rings. The van der Waals surface area contributed by atoms with Crippen LogP contribution in [0.25, 0.3) is 0 Å². The minimum atomic E-state index is -3.75. The van der Waals surface area contributed by atoms with Crippen LogP contribution in [0.4, 0.5) is 0 Å². The molecule has 11 nitrogen and oxygen atoms in total. The lowest BCUT2D eigenvalue weighted by Gasteiger charge is -2.24. The van der Waals surface area contributed by atoms with E-state index >= 15 is 0 Å². The van der Waals surface area contributed by atoms with Gasteiger partial charge < -0.3 is 23.5 Å². The highest BCUT2D eigenvalue weighted by Crippen LogP contribution is 2.30. The SMILES string of the molecule is COCC(COC)n1c(CS(=O)(=O)[C@@H](C)[C@H](OC)c2ncc(Cl)cn2)nnc1[C@@H]1CCOC1. The van der Waals surface area contributed by atoms with E-state index in [2.05, 4.69) is 20.2 Å². The first-order chi connectivity index (χ1) is 15.8. The van der Waals surface area contributed by atoms with E-state index < -0.39 is 21.2 Å². The third-order valence-corrected chi connectivity index (χ3v) is 7.88. The van der Waals surface area contributed by atoms with Gasteiger partial charge in [0.2, 0.25) is 0 Å². The summed E-state index contributed by atoms with van der Waals surface area (Å²) in [6, 6.07) is -0.288. The Hall–Kier alpha value is -1.70. The summed E-state index contributed by atoms with van der Waals surface area (Å²) in [6.07, 6.45) is 2.72. The van der Waals surface area contributed by atoms with E-state index in [-0.39, 0.29) is 23.5 Å². The average Bonchev–Trinajstić information content (AvgIpc) is 3.45. The lowest BCUT2D eigenvalue weighted by Crippen LogP contribution is -2.31. The highest BCUT2D eigenvalue weighted by molar-refractivity contribution is 7.91. The van der Waals surface area contributed by atoms with Crippen LogP contribution in [0.5, 0.6) is 0 Å². The summed E-state index contributed by atoms with van der Waals surface area (Å²) in [6.45, 7) is 3.32. The van der Waals surface area contributed by atoms with E-state index in [9.17, 15) is 8.42 Å². The van der Waals surface area contributed by atoms with Gasteiger partial charge >= 0.3 is 0 Å². The molecule has 1 saturated heterocycles. The highest BCUT2D eigenvalue weighted by Gasteiger charge is 2.36. The fourth-order valence-corrected chi connectivity index (χ4v) is 5.43. The molecule has 0 radical (unpaired) electrons.